The van der Waals surface area contributed by atoms with E-state index >= 15 is 0 Å². The van der Waals surface area contributed by atoms with E-state index in [4.69, 9.17) is 14.2 Å². The molecular formula is C17H28O4. The summed E-state index contributed by atoms with van der Waals surface area (Å²) >= 11 is 0. The van der Waals surface area contributed by atoms with Crippen LogP contribution in [-0.2, 0) is 19.0 Å². The average Bonchev–Trinajstić information content (AvgIpc) is 2.42. The Labute approximate surface area is 127 Å². The molecule has 3 unspecified atom stereocenters. The number of esters is 1. The number of rotatable bonds is 6. The van der Waals surface area contributed by atoms with Crippen LogP contribution in [0.2, 0.25) is 0 Å². The third kappa shape index (κ3) is 2.85. The van der Waals surface area contributed by atoms with Gasteiger partial charge in [0.1, 0.15) is 12.4 Å². The van der Waals surface area contributed by atoms with E-state index in [9.17, 15) is 4.79 Å². The molecule has 4 heteroatoms. The average molecular weight is 296 g/mol. The van der Waals surface area contributed by atoms with Gasteiger partial charge in [0.05, 0.1) is 11.5 Å². The van der Waals surface area contributed by atoms with Gasteiger partial charge in [-0.25, -0.2) is 0 Å². The van der Waals surface area contributed by atoms with E-state index in [0.717, 1.165) is 38.5 Å². The van der Waals surface area contributed by atoms with Crippen molar-refractivity contribution in [3.05, 3.63) is 0 Å². The SMILES string of the molecule is CCC(C)C(=O)OC12CC3CC(CC(OCOC)(C3)C1)C2. The van der Waals surface area contributed by atoms with E-state index < -0.39 is 0 Å². The number of carbonyl (C=O) groups excluding carboxylic acids is 1. The normalized spacial score (nSPS) is 42.0. The van der Waals surface area contributed by atoms with Crippen LogP contribution in [0.5, 0.6) is 0 Å². The second-order valence-electron chi connectivity index (χ2n) is 7.61. The van der Waals surface area contributed by atoms with Gasteiger partial charge in [-0.1, -0.05) is 13.8 Å². The Morgan fingerprint density at radius 2 is 1.81 bits per heavy atom. The minimum absolute atomic E-state index is 0.00570. The molecule has 21 heavy (non-hydrogen) atoms. The third-order valence-electron chi connectivity index (χ3n) is 5.77. The molecule has 0 radical (unpaired) electrons. The Morgan fingerprint density at radius 1 is 1.19 bits per heavy atom. The van der Waals surface area contributed by atoms with Crippen molar-refractivity contribution >= 4 is 5.97 Å². The smallest absolute Gasteiger partial charge is 0.309 e. The number of hydrogen-bond acceptors (Lipinski definition) is 4. The van der Waals surface area contributed by atoms with Gasteiger partial charge in [0.15, 0.2) is 0 Å². The fourth-order valence-electron chi connectivity index (χ4n) is 5.05. The van der Waals surface area contributed by atoms with Crippen molar-refractivity contribution in [2.45, 2.75) is 70.0 Å². The molecular weight excluding hydrogens is 268 g/mol. The van der Waals surface area contributed by atoms with Crippen molar-refractivity contribution in [3.63, 3.8) is 0 Å². The summed E-state index contributed by atoms with van der Waals surface area (Å²) in [7, 11) is 1.67. The van der Waals surface area contributed by atoms with E-state index in [1.807, 2.05) is 13.8 Å². The van der Waals surface area contributed by atoms with Crippen molar-refractivity contribution in [3.8, 4) is 0 Å². The second kappa shape index (κ2) is 5.54. The van der Waals surface area contributed by atoms with E-state index in [-0.39, 0.29) is 23.1 Å². The minimum atomic E-state index is -0.266. The monoisotopic (exact) mass is 296 g/mol. The molecule has 4 fully saturated rings. The van der Waals surface area contributed by atoms with Crippen molar-refractivity contribution in [2.75, 3.05) is 13.9 Å². The van der Waals surface area contributed by atoms with Crippen LogP contribution in [-0.4, -0.2) is 31.1 Å². The van der Waals surface area contributed by atoms with Crippen LogP contribution >= 0.6 is 0 Å². The topological polar surface area (TPSA) is 44.8 Å². The molecule has 0 spiro atoms. The van der Waals surface area contributed by atoms with E-state index in [1.54, 1.807) is 7.11 Å². The molecule has 0 N–H and O–H groups in total. The molecule has 120 valence electrons. The molecule has 4 rings (SSSR count). The fraction of sp³-hybridized carbons (Fsp3) is 0.941. The van der Waals surface area contributed by atoms with E-state index in [2.05, 4.69) is 0 Å². The zero-order valence-electron chi connectivity index (χ0n) is 13.5. The van der Waals surface area contributed by atoms with Crippen LogP contribution in [0.25, 0.3) is 0 Å². The Kier molecular flexibility index (Phi) is 4.04. The highest BCUT2D eigenvalue weighted by Gasteiger charge is 2.60. The zero-order valence-corrected chi connectivity index (χ0v) is 13.5. The van der Waals surface area contributed by atoms with Crippen molar-refractivity contribution in [1.29, 1.82) is 0 Å². The Balaban J connectivity index is 1.75. The van der Waals surface area contributed by atoms with E-state index in [0.29, 0.717) is 18.6 Å². The molecule has 0 saturated heterocycles. The molecule has 4 saturated carbocycles. The Morgan fingerprint density at radius 3 is 2.38 bits per heavy atom. The van der Waals surface area contributed by atoms with Crippen molar-refractivity contribution in [1.82, 2.24) is 0 Å². The Bertz CT molecular complexity index is 392. The maximum atomic E-state index is 12.3. The quantitative estimate of drug-likeness (QED) is 0.557. The largest absolute Gasteiger partial charge is 0.459 e. The number of methoxy groups -OCH3 is 1. The maximum Gasteiger partial charge on any atom is 0.309 e. The molecule has 0 aliphatic heterocycles. The summed E-state index contributed by atoms with van der Waals surface area (Å²) in [5.74, 6) is 1.26. The fourth-order valence-corrected chi connectivity index (χ4v) is 5.05. The van der Waals surface area contributed by atoms with E-state index in [1.165, 1.54) is 6.42 Å². The molecule has 4 nitrogen and oxygen atoms in total. The minimum Gasteiger partial charge on any atom is -0.459 e. The summed E-state index contributed by atoms with van der Waals surface area (Å²) in [6, 6.07) is 0. The summed E-state index contributed by atoms with van der Waals surface area (Å²) in [5.41, 5.74) is -0.381. The molecule has 3 atom stereocenters. The van der Waals surface area contributed by atoms with Gasteiger partial charge < -0.3 is 14.2 Å². The van der Waals surface area contributed by atoms with Gasteiger partial charge in [-0.2, -0.15) is 0 Å². The van der Waals surface area contributed by atoms with Gasteiger partial charge in [-0.05, 0) is 50.4 Å². The van der Waals surface area contributed by atoms with Gasteiger partial charge in [-0.3, -0.25) is 4.79 Å². The lowest BCUT2D eigenvalue weighted by Gasteiger charge is -2.60. The lowest BCUT2D eigenvalue weighted by atomic mass is 9.52. The van der Waals surface area contributed by atoms with Gasteiger partial charge in [0, 0.05) is 13.5 Å². The van der Waals surface area contributed by atoms with Gasteiger partial charge in [0.2, 0.25) is 0 Å². The lowest BCUT2D eigenvalue weighted by Crippen LogP contribution is -2.61. The molecule has 0 amide bonds. The highest BCUT2D eigenvalue weighted by molar-refractivity contribution is 5.72. The summed E-state index contributed by atoms with van der Waals surface area (Å²) in [5, 5.41) is 0. The summed E-state index contributed by atoms with van der Waals surface area (Å²) in [6.45, 7) is 4.34. The molecule has 4 aliphatic carbocycles. The highest BCUT2D eigenvalue weighted by Crippen LogP contribution is 2.60. The van der Waals surface area contributed by atoms with Crippen LogP contribution in [0.15, 0.2) is 0 Å². The van der Waals surface area contributed by atoms with Crippen LogP contribution < -0.4 is 0 Å². The highest BCUT2D eigenvalue weighted by atomic mass is 16.7. The van der Waals surface area contributed by atoms with Crippen molar-refractivity contribution < 1.29 is 19.0 Å². The van der Waals surface area contributed by atoms with Crippen LogP contribution in [0.3, 0.4) is 0 Å². The molecule has 0 aromatic rings. The summed E-state index contributed by atoms with van der Waals surface area (Å²) < 4.78 is 17.2. The standard InChI is InChI=1S/C17H28O4/c1-4-12(2)15(18)21-17-8-13-5-14(9-17)7-16(6-13,10-17)20-11-19-3/h12-14H,4-11H2,1-3H3. The first kappa shape index (κ1) is 15.3. The summed E-state index contributed by atoms with van der Waals surface area (Å²) in [6.07, 6.45) is 7.25. The maximum absolute atomic E-state index is 12.3. The lowest BCUT2D eigenvalue weighted by molar-refractivity contribution is -0.252. The molecule has 0 aromatic carbocycles. The van der Waals surface area contributed by atoms with Gasteiger partial charge in [0.25, 0.3) is 0 Å². The molecule has 4 aliphatic rings. The number of ether oxygens (including phenoxy) is 3. The van der Waals surface area contributed by atoms with Gasteiger partial charge >= 0.3 is 5.97 Å². The molecule has 4 bridgehead atoms. The Hall–Kier alpha value is -0.610. The van der Waals surface area contributed by atoms with Crippen LogP contribution in [0.4, 0.5) is 0 Å². The van der Waals surface area contributed by atoms with Gasteiger partial charge in [-0.15, -0.1) is 0 Å². The predicted octanol–water partition coefficient (Wildman–Crippen LogP) is 3.29. The molecule has 0 heterocycles. The predicted molar refractivity (Wildman–Crippen MR) is 78.7 cm³/mol. The molecule has 0 aromatic heterocycles. The number of hydrogen-bond donors (Lipinski definition) is 0. The zero-order chi connectivity index (χ0) is 15.1. The van der Waals surface area contributed by atoms with Crippen molar-refractivity contribution in [2.24, 2.45) is 17.8 Å². The van der Waals surface area contributed by atoms with Crippen LogP contribution in [0, 0.1) is 17.8 Å². The summed E-state index contributed by atoms with van der Waals surface area (Å²) in [4.78, 5) is 12.3. The first-order chi connectivity index (χ1) is 10.00. The first-order valence-electron chi connectivity index (χ1n) is 8.35. The third-order valence-corrected chi connectivity index (χ3v) is 5.77. The first-order valence-corrected chi connectivity index (χ1v) is 8.35. The second-order valence-corrected chi connectivity index (χ2v) is 7.61. The number of carbonyl (C=O) groups is 1. The van der Waals surface area contributed by atoms with Crippen LogP contribution in [0.1, 0.15) is 58.8 Å².